The molecule has 4 nitrogen and oxygen atoms in total. The van der Waals surface area contributed by atoms with E-state index >= 15 is 0 Å². The number of carbonyl (C=O) groups excluding carboxylic acids is 1. The topological polar surface area (TPSA) is 55.8 Å². The van der Waals surface area contributed by atoms with Crippen LogP contribution in [-0.4, -0.2) is 35.2 Å². The van der Waals surface area contributed by atoms with Crippen LogP contribution in [0.4, 0.5) is 0 Å². The maximum atomic E-state index is 11.5. The molecule has 2 atom stereocenters. The third-order valence-electron chi connectivity index (χ3n) is 2.09. The van der Waals surface area contributed by atoms with Crippen molar-refractivity contribution in [3.05, 3.63) is 35.9 Å². The van der Waals surface area contributed by atoms with E-state index in [4.69, 9.17) is 9.47 Å². The van der Waals surface area contributed by atoms with Crippen molar-refractivity contribution in [3.63, 3.8) is 0 Å². The number of benzene rings is 1. The lowest BCUT2D eigenvalue weighted by atomic mass is 10.2. The van der Waals surface area contributed by atoms with Crippen molar-refractivity contribution in [2.24, 2.45) is 0 Å². The minimum Gasteiger partial charge on any atom is -0.458 e. The van der Waals surface area contributed by atoms with E-state index in [0.29, 0.717) is 5.56 Å². The first-order chi connectivity index (χ1) is 7.75. The Bertz CT molecular complexity index is 354. The van der Waals surface area contributed by atoms with E-state index in [9.17, 15) is 9.90 Å². The van der Waals surface area contributed by atoms with Crippen LogP contribution in [0.5, 0.6) is 0 Å². The smallest absolute Gasteiger partial charge is 0.338 e. The highest BCUT2D eigenvalue weighted by Crippen LogP contribution is 2.25. The minimum atomic E-state index is -0.513. The molecule has 5 heteroatoms. The highest BCUT2D eigenvalue weighted by Gasteiger charge is 2.25. The SMILES string of the molecule is O=C(OC[C@@H]1OC[C@H](O)S1)c1ccccc1. The van der Waals surface area contributed by atoms with E-state index in [1.54, 1.807) is 24.3 Å². The first-order valence-corrected chi connectivity index (χ1v) is 5.87. The predicted molar refractivity (Wildman–Crippen MR) is 60.1 cm³/mol. The fraction of sp³-hybridized carbons (Fsp3) is 0.364. The van der Waals surface area contributed by atoms with Gasteiger partial charge in [0.05, 0.1) is 12.2 Å². The largest absolute Gasteiger partial charge is 0.458 e. The van der Waals surface area contributed by atoms with E-state index in [-0.39, 0.29) is 24.6 Å². The first kappa shape index (κ1) is 11.4. The molecule has 1 aromatic rings. The van der Waals surface area contributed by atoms with E-state index < -0.39 is 5.44 Å². The van der Waals surface area contributed by atoms with Crippen LogP contribution in [0.15, 0.2) is 30.3 Å². The molecule has 1 fully saturated rings. The first-order valence-electron chi connectivity index (χ1n) is 4.93. The number of aliphatic hydroxyl groups is 1. The van der Waals surface area contributed by atoms with E-state index in [2.05, 4.69) is 0 Å². The third-order valence-corrected chi connectivity index (χ3v) is 3.12. The number of carbonyl (C=O) groups is 1. The zero-order valence-electron chi connectivity index (χ0n) is 8.54. The van der Waals surface area contributed by atoms with E-state index in [0.717, 1.165) is 0 Å². The summed E-state index contributed by atoms with van der Waals surface area (Å²) in [6.07, 6.45) is 0. The molecule has 0 spiro atoms. The zero-order valence-corrected chi connectivity index (χ0v) is 9.35. The summed E-state index contributed by atoms with van der Waals surface area (Å²) in [6, 6.07) is 8.78. The Kier molecular flexibility index (Phi) is 3.82. The number of ether oxygens (including phenoxy) is 2. The minimum absolute atomic E-state index is 0.162. The van der Waals surface area contributed by atoms with Crippen LogP contribution in [0, 0.1) is 0 Å². The van der Waals surface area contributed by atoms with Gasteiger partial charge in [0.25, 0.3) is 0 Å². The quantitative estimate of drug-likeness (QED) is 0.806. The van der Waals surface area contributed by atoms with Gasteiger partial charge in [-0.15, -0.1) is 0 Å². The van der Waals surface area contributed by atoms with Gasteiger partial charge in [0.1, 0.15) is 17.5 Å². The van der Waals surface area contributed by atoms with Crippen LogP contribution in [0.3, 0.4) is 0 Å². The van der Waals surface area contributed by atoms with Gasteiger partial charge in [-0.05, 0) is 12.1 Å². The summed E-state index contributed by atoms with van der Waals surface area (Å²) in [4.78, 5) is 11.5. The van der Waals surface area contributed by atoms with Crippen molar-refractivity contribution in [2.75, 3.05) is 13.2 Å². The summed E-state index contributed by atoms with van der Waals surface area (Å²) in [5.74, 6) is -0.369. The molecule has 1 aliphatic heterocycles. The molecule has 0 aromatic heterocycles. The molecule has 1 N–H and O–H groups in total. The van der Waals surface area contributed by atoms with Crippen molar-refractivity contribution in [1.29, 1.82) is 0 Å². The third kappa shape index (κ3) is 2.98. The highest BCUT2D eigenvalue weighted by atomic mass is 32.2. The standard InChI is InChI=1S/C11H12O4S/c12-9-6-14-10(16-9)7-15-11(13)8-4-2-1-3-5-8/h1-5,9-10,12H,6-7H2/t9-,10-/m1/s1. The van der Waals surface area contributed by atoms with Gasteiger partial charge in [-0.1, -0.05) is 30.0 Å². The van der Waals surface area contributed by atoms with Gasteiger partial charge in [-0.3, -0.25) is 0 Å². The lowest BCUT2D eigenvalue weighted by Gasteiger charge is -2.09. The molecule has 16 heavy (non-hydrogen) atoms. The van der Waals surface area contributed by atoms with Crippen LogP contribution in [0.2, 0.25) is 0 Å². The Hall–Kier alpha value is -1.04. The van der Waals surface area contributed by atoms with Crippen LogP contribution in [0.1, 0.15) is 10.4 Å². The second-order valence-corrected chi connectivity index (χ2v) is 4.66. The van der Waals surface area contributed by atoms with Gasteiger partial charge in [0.15, 0.2) is 0 Å². The molecule has 1 aliphatic rings. The summed E-state index contributed by atoms with van der Waals surface area (Å²) >= 11 is 1.26. The van der Waals surface area contributed by atoms with Crippen LogP contribution in [0.25, 0.3) is 0 Å². The van der Waals surface area contributed by atoms with E-state index in [1.807, 2.05) is 6.07 Å². The Labute approximate surface area is 97.6 Å². The summed E-state index contributed by atoms with van der Waals surface area (Å²) in [6.45, 7) is 0.452. The van der Waals surface area contributed by atoms with Gasteiger partial charge in [0.2, 0.25) is 0 Å². The van der Waals surface area contributed by atoms with Crippen molar-refractivity contribution in [2.45, 2.75) is 10.9 Å². The number of rotatable bonds is 3. The molecule has 0 amide bonds. The van der Waals surface area contributed by atoms with Gasteiger partial charge < -0.3 is 14.6 Å². The molecule has 1 aromatic carbocycles. The average molecular weight is 240 g/mol. The molecule has 86 valence electrons. The molecule has 0 bridgehead atoms. The van der Waals surface area contributed by atoms with Gasteiger partial charge >= 0.3 is 5.97 Å². The van der Waals surface area contributed by atoms with Crippen LogP contribution in [-0.2, 0) is 9.47 Å². The zero-order chi connectivity index (χ0) is 11.4. The summed E-state index contributed by atoms with van der Waals surface area (Å²) in [7, 11) is 0. The van der Waals surface area contributed by atoms with Gasteiger partial charge in [0, 0.05) is 0 Å². The number of hydrogen-bond donors (Lipinski definition) is 1. The molecular formula is C11H12O4S. The predicted octanol–water partition coefficient (Wildman–Crippen LogP) is 1.25. The number of esters is 1. The normalized spacial score (nSPS) is 24.3. The van der Waals surface area contributed by atoms with Crippen molar-refractivity contribution in [1.82, 2.24) is 0 Å². The fourth-order valence-corrected chi connectivity index (χ4v) is 2.14. The number of hydrogen-bond acceptors (Lipinski definition) is 5. The van der Waals surface area contributed by atoms with Crippen LogP contribution < -0.4 is 0 Å². The lowest BCUT2D eigenvalue weighted by Crippen LogP contribution is -2.15. The number of thioether (sulfide) groups is 1. The Balaban J connectivity index is 1.80. The van der Waals surface area contributed by atoms with Gasteiger partial charge in [-0.25, -0.2) is 4.79 Å². The molecule has 2 rings (SSSR count). The van der Waals surface area contributed by atoms with Crippen molar-refractivity contribution >= 4 is 17.7 Å². The van der Waals surface area contributed by atoms with Gasteiger partial charge in [-0.2, -0.15) is 0 Å². The van der Waals surface area contributed by atoms with Crippen molar-refractivity contribution < 1.29 is 19.4 Å². The summed E-state index contributed by atoms with van der Waals surface area (Å²) in [5, 5.41) is 9.18. The molecule has 0 aliphatic carbocycles. The molecule has 1 heterocycles. The summed E-state index contributed by atoms with van der Waals surface area (Å²) in [5.41, 5.74) is -0.255. The second kappa shape index (κ2) is 5.34. The Morgan fingerprint density at radius 1 is 1.50 bits per heavy atom. The van der Waals surface area contributed by atoms with Crippen LogP contribution >= 0.6 is 11.8 Å². The molecule has 0 radical (unpaired) electrons. The molecule has 1 saturated heterocycles. The lowest BCUT2D eigenvalue weighted by molar-refractivity contribution is 0.0225. The number of aliphatic hydroxyl groups excluding tert-OH is 1. The highest BCUT2D eigenvalue weighted by molar-refractivity contribution is 8.00. The average Bonchev–Trinajstić information content (AvgIpc) is 2.73. The maximum absolute atomic E-state index is 11.5. The monoisotopic (exact) mass is 240 g/mol. The fourth-order valence-electron chi connectivity index (χ4n) is 1.33. The molecule has 0 unspecified atom stereocenters. The Morgan fingerprint density at radius 2 is 2.25 bits per heavy atom. The maximum Gasteiger partial charge on any atom is 0.338 e. The summed E-state index contributed by atoms with van der Waals surface area (Å²) < 4.78 is 10.3. The molecular weight excluding hydrogens is 228 g/mol. The van der Waals surface area contributed by atoms with Crippen molar-refractivity contribution in [3.8, 4) is 0 Å². The molecule has 0 saturated carbocycles. The Morgan fingerprint density at radius 3 is 2.88 bits per heavy atom. The second-order valence-electron chi connectivity index (χ2n) is 3.32. The van der Waals surface area contributed by atoms with E-state index in [1.165, 1.54) is 11.8 Å².